The Labute approximate surface area is 118 Å². The molecular formula is C14H17ClN4. The Kier molecular flexibility index (Phi) is 3.71. The van der Waals surface area contributed by atoms with Gasteiger partial charge in [0.25, 0.3) is 0 Å². The van der Waals surface area contributed by atoms with Gasteiger partial charge in [0.15, 0.2) is 5.82 Å². The van der Waals surface area contributed by atoms with Gasteiger partial charge in [0, 0.05) is 24.7 Å². The van der Waals surface area contributed by atoms with Crippen LogP contribution in [0.5, 0.6) is 0 Å². The van der Waals surface area contributed by atoms with Gasteiger partial charge in [-0.15, -0.1) is 0 Å². The van der Waals surface area contributed by atoms with E-state index in [2.05, 4.69) is 41.0 Å². The van der Waals surface area contributed by atoms with Crippen LogP contribution in [0, 0.1) is 0 Å². The van der Waals surface area contributed by atoms with Crippen molar-refractivity contribution in [1.82, 2.24) is 15.0 Å². The van der Waals surface area contributed by atoms with Crippen LogP contribution in [-0.2, 0) is 5.41 Å². The Morgan fingerprint density at radius 1 is 1.16 bits per heavy atom. The zero-order chi connectivity index (χ0) is 14.0. The Morgan fingerprint density at radius 3 is 2.42 bits per heavy atom. The summed E-state index contributed by atoms with van der Waals surface area (Å²) < 4.78 is 0. The molecule has 2 aromatic heterocycles. The van der Waals surface area contributed by atoms with Crippen molar-refractivity contribution in [2.24, 2.45) is 0 Å². The third-order valence-corrected chi connectivity index (χ3v) is 2.93. The normalized spacial score (nSPS) is 11.4. The molecule has 0 saturated heterocycles. The van der Waals surface area contributed by atoms with Crippen LogP contribution in [0.15, 0.2) is 24.4 Å². The third-order valence-electron chi connectivity index (χ3n) is 2.71. The number of aromatic nitrogens is 3. The van der Waals surface area contributed by atoms with Crippen molar-refractivity contribution >= 4 is 17.4 Å². The van der Waals surface area contributed by atoms with Crippen molar-refractivity contribution in [1.29, 1.82) is 0 Å². The number of hydrogen-bond donors (Lipinski definition) is 1. The number of halogens is 1. The second-order valence-corrected chi connectivity index (χ2v) is 5.76. The summed E-state index contributed by atoms with van der Waals surface area (Å²) in [7, 11) is 1.84. The molecule has 0 unspecified atom stereocenters. The van der Waals surface area contributed by atoms with E-state index in [-0.39, 0.29) is 5.41 Å². The SMILES string of the molecule is CNc1cc(C(C)(C)C)nc(-c2ccc(Cl)cn2)n1. The third kappa shape index (κ3) is 3.20. The second kappa shape index (κ2) is 5.13. The van der Waals surface area contributed by atoms with Crippen LogP contribution in [0.1, 0.15) is 26.5 Å². The van der Waals surface area contributed by atoms with Gasteiger partial charge < -0.3 is 5.32 Å². The first kappa shape index (κ1) is 13.7. The topological polar surface area (TPSA) is 50.7 Å². The summed E-state index contributed by atoms with van der Waals surface area (Å²) in [6.45, 7) is 6.36. The number of anilines is 1. The van der Waals surface area contributed by atoms with Crippen molar-refractivity contribution in [2.45, 2.75) is 26.2 Å². The zero-order valence-electron chi connectivity index (χ0n) is 11.5. The van der Waals surface area contributed by atoms with E-state index < -0.39 is 0 Å². The van der Waals surface area contributed by atoms with Gasteiger partial charge >= 0.3 is 0 Å². The van der Waals surface area contributed by atoms with Gasteiger partial charge in [0.2, 0.25) is 0 Å². The minimum atomic E-state index is -0.0459. The van der Waals surface area contributed by atoms with E-state index in [1.165, 1.54) is 0 Å². The molecule has 100 valence electrons. The molecule has 0 bridgehead atoms. The Bertz CT molecular complexity index is 573. The van der Waals surface area contributed by atoms with Crippen molar-refractivity contribution in [2.75, 3.05) is 12.4 Å². The van der Waals surface area contributed by atoms with Crippen LogP contribution in [0.3, 0.4) is 0 Å². The standard InChI is InChI=1S/C14H17ClN4/c1-14(2,3)11-7-12(16-4)19-13(18-11)10-6-5-9(15)8-17-10/h5-8H,1-4H3,(H,16,18,19). The number of pyridine rings is 1. The van der Waals surface area contributed by atoms with Gasteiger partial charge in [-0.1, -0.05) is 32.4 Å². The lowest BCUT2D eigenvalue weighted by Gasteiger charge is -2.19. The lowest BCUT2D eigenvalue weighted by molar-refractivity contribution is 0.568. The molecule has 5 heteroatoms. The maximum absolute atomic E-state index is 5.85. The van der Waals surface area contributed by atoms with E-state index in [0.717, 1.165) is 11.5 Å². The lowest BCUT2D eigenvalue weighted by atomic mass is 9.92. The summed E-state index contributed by atoms with van der Waals surface area (Å²) in [4.78, 5) is 13.3. The van der Waals surface area contributed by atoms with Crippen molar-refractivity contribution in [3.05, 3.63) is 35.1 Å². The molecule has 1 N–H and O–H groups in total. The Hall–Kier alpha value is -1.68. The Morgan fingerprint density at radius 2 is 1.89 bits per heavy atom. The lowest BCUT2D eigenvalue weighted by Crippen LogP contribution is -2.15. The molecule has 0 aromatic carbocycles. The average Bonchev–Trinajstić information content (AvgIpc) is 2.38. The minimum Gasteiger partial charge on any atom is -0.373 e. The zero-order valence-corrected chi connectivity index (χ0v) is 12.3. The van der Waals surface area contributed by atoms with Gasteiger partial charge in [0.05, 0.1) is 10.7 Å². The maximum Gasteiger partial charge on any atom is 0.180 e. The second-order valence-electron chi connectivity index (χ2n) is 5.32. The monoisotopic (exact) mass is 276 g/mol. The molecule has 0 aliphatic heterocycles. The van der Waals surface area contributed by atoms with E-state index in [9.17, 15) is 0 Å². The molecule has 0 atom stereocenters. The molecule has 2 aromatic rings. The summed E-state index contributed by atoms with van der Waals surface area (Å²) in [5.74, 6) is 1.39. The van der Waals surface area contributed by atoms with E-state index in [1.54, 1.807) is 12.3 Å². The van der Waals surface area contributed by atoms with E-state index in [0.29, 0.717) is 16.5 Å². The summed E-state index contributed by atoms with van der Waals surface area (Å²) >= 11 is 5.85. The molecule has 2 rings (SSSR count). The quantitative estimate of drug-likeness (QED) is 0.912. The molecule has 0 spiro atoms. The highest BCUT2D eigenvalue weighted by Crippen LogP contribution is 2.25. The largest absolute Gasteiger partial charge is 0.373 e. The molecular weight excluding hydrogens is 260 g/mol. The van der Waals surface area contributed by atoms with Crippen molar-refractivity contribution in [3.8, 4) is 11.5 Å². The highest BCUT2D eigenvalue weighted by atomic mass is 35.5. The summed E-state index contributed by atoms with van der Waals surface area (Å²) in [5, 5.41) is 3.66. The average molecular weight is 277 g/mol. The van der Waals surface area contributed by atoms with Crippen molar-refractivity contribution < 1.29 is 0 Å². The van der Waals surface area contributed by atoms with Gasteiger partial charge in [-0.05, 0) is 12.1 Å². The minimum absolute atomic E-state index is 0.0459. The molecule has 0 aliphatic carbocycles. The first-order valence-corrected chi connectivity index (χ1v) is 6.47. The fourth-order valence-corrected chi connectivity index (χ4v) is 1.69. The van der Waals surface area contributed by atoms with Gasteiger partial charge in [-0.25, -0.2) is 9.97 Å². The van der Waals surface area contributed by atoms with Crippen molar-refractivity contribution in [3.63, 3.8) is 0 Å². The fraction of sp³-hybridized carbons (Fsp3) is 0.357. The number of nitrogens with zero attached hydrogens (tertiary/aromatic N) is 3. The maximum atomic E-state index is 5.85. The van der Waals surface area contributed by atoms with Gasteiger partial charge in [-0.3, -0.25) is 4.98 Å². The van der Waals surface area contributed by atoms with Crippen LogP contribution in [0.2, 0.25) is 5.02 Å². The van der Waals surface area contributed by atoms with Crippen LogP contribution in [0.4, 0.5) is 5.82 Å². The molecule has 0 amide bonds. The van der Waals surface area contributed by atoms with Crippen LogP contribution in [-0.4, -0.2) is 22.0 Å². The molecule has 0 radical (unpaired) electrons. The summed E-state index contributed by atoms with van der Waals surface area (Å²) in [6, 6.07) is 5.57. The first-order valence-electron chi connectivity index (χ1n) is 6.09. The summed E-state index contributed by atoms with van der Waals surface area (Å²) in [6.07, 6.45) is 1.60. The molecule has 19 heavy (non-hydrogen) atoms. The predicted octanol–water partition coefficient (Wildman–Crippen LogP) is 3.53. The number of nitrogens with one attached hydrogen (secondary N) is 1. The number of hydrogen-bond acceptors (Lipinski definition) is 4. The first-order chi connectivity index (χ1) is 8.90. The van der Waals surface area contributed by atoms with Gasteiger partial charge in [-0.2, -0.15) is 0 Å². The van der Waals surface area contributed by atoms with Crippen LogP contribution < -0.4 is 5.32 Å². The molecule has 0 saturated carbocycles. The van der Waals surface area contributed by atoms with Crippen LogP contribution in [0.25, 0.3) is 11.5 Å². The van der Waals surface area contributed by atoms with E-state index >= 15 is 0 Å². The Balaban J connectivity index is 2.54. The fourth-order valence-electron chi connectivity index (χ4n) is 1.58. The van der Waals surface area contributed by atoms with E-state index in [4.69, 9.17) is 11.6 Å². The number of rotatable bonds is 2. The highest BCUT2D eigenvalue weighted by molar-refractivity contribution is 6.30. The molecule has 4 nitrogen and oxygen atoms in total. The molecule has 0 aliphatic rings. The predicted molar refractivity (Wildman–Crippen MR) is 78.5 cm³/mol. The van der Waals surface area contributed by atoms with Crippen LogP contribution >= 0.6 is 11.6 Å². The smallest absolute Gasteiger partial charge is 0.180 e. The molecule has 0 fully saturated rings. The molecule has 2 heterocycles. The highest BCUT2D eigenvalue weighted by Gasteiger charge is 2.18. The summed E-state index contributed by atoms with van der Waals surface area (Å²) in [5.41, 5.74) is 1.64. The van der Waals surface area contributed by atoms with Gasteiger partial charge in [0.1, 0.15) is 11.5 Å². The van der Waals surface area contributed by atoms with E-state index in [1.807, 2.05) is 19.2 Å².